The monoisotopic (exact) mass is 387 g/mol. The van der Waals surface area contributed by atoms with Gasteiger partial charge in [-0.3, -0.25) is 4.79 Å². The maximum atomic E-state index is 12.1. The van der Waals surface area contributed by atoms with Crippen LogP contribution in [0.15, 0.2) is 36.4 Å². The Kier molecular flexibility index (Phi) is 5.07. The van der Waals surface area contributed by atoms with Gasteiger partial charge in [-0.15, -0.1) is 0 Å². The first-order chi connectivity index (χ1) is 13.2. The Balaban J connectivity index is 1.38. The molecule has 1 amide bonds. The van der Waals surface area contributed by atoms with Crippen molar-refractivity contribution in [1.82, 2.24) is 5.32 Å². The fraction of sp³-hybridized carbons (Fsp3) is 0.250. The molecule has 2 aromatic rings. The van der Waals surface area contributed by atoms with Crippen LogP contribution >= 0.6 is 11.6 Å². The van der Waals surface area contributed by atoms with Gasteiger partial charge in [0.1, 0.15) is 0 Å². The van der Waals surface area contributed by atoms with E-state index in [2.05, 4.69) is 5.32 Å². The Bertz CT molecular complexity index is 896. The number of carbonyl (C=O) groups excluding carboxylic acids is 1. The molecule has 140 valence electrons. The number of nitrogens with one attached hydrogen (secondary N) is 1. The average molecular weight is 388 g/mol. The summed E-state index contributed by atoms with van der Waals surface area (Å²) < 4.78 is 21.9. The standard InChI is InChI=1S/C20H18ClNO5/c21-15-8-14(10-18-20(15)25-7-1-6-24-18)11-22-19(23)5-3-13-2-4-16-17(9-13)27-12-26-16/h2-5,8-10H,1,6-7,11-12H2,(H,22,23)/b5-3+. The number of fused-ring (bicyclic) bond motifs is 2. The van der Waals surface area contributed by atoms with Gasteiger partial charge in [0.2, 0.25) is 12.7 Å². The van der Waals surface area contributed by atoms with E-state index in [4.69, 9.17) is 30.5 Å². The third-order valence-corrected chi connectivity index (χ3v) is 4.43. The molecule has 2 aliphatic rings. The summed E-state index contributed by atoms with van der Waals surface area (Å²) in [5.74, 6) is 2.35. The lowest BCUT2D eigenvalue weighted by Gasteiger charge is -2.11. The number of hydrogen-bond donors (Lipinski definition) is 1. The van der Waals surface area contributed by atoms with Crippen molar-refractivity contribution in [2.75, 3.05) is 20.0 Å². The molecule has 0 fully saturated rings. The molecule has 0 aliphatic carbocycles. The van der Waals surface area contributed by atoms with E-state index in [9.17, 15) is 4.79 Å². The molecule has 0 atom stereocenters. The Labute approximate surface area is 161 Å². The summed E-state index contributed by atoms with van der Waals surface area (Å²) in [6.45, 7) is 1.71. The van der Waals surface area contributed by atoms with Crippen molar-refractivity contribution in [2.45, 2.75) is 13.0 Å². The van der Waals surface area contributed by atoms with Crippen molar-refractivity contribution >= 4 is 23.6 Å². The SMILES string of the molecule is O=C(/C=C/c1ccc2c(c1)OCO2)NCc1cc(Cl)c2c(c1)OCCCO2. The second-order valence-corrected chi connectivity index (χ2v) is 6.53. The molecule has 0 unspecified atom stereocenters. The number of carbonyl (C=O) groups is 1. The van der Waals surface area contributed by atoms with E-state index in [0.29, 0.717) is 47.8 Å². The molecule has 27 heavy (non-hydrogen) atoms. The van der Waals surface area contributed by atoms with Crippen molar-refractivity contribution < 1.29 is 23.7 Å². The molecule has 0 spiro atoms. The highest BCUT2D eigenvalue weighted by Crippen LogP contribution is 2.38. The minimum Gasteiger partial charge on any atom is -0.489 e. The summed E-state index contributed by atoms with van der Waals surface area (Å²) in [7, 11) is 0. The topological polar surface area (TPSA) is 66.0 Å². The molecule has 2 aliphatic heterocycles. The van der Waals surface area contributed by atoms with E-state index in [0.717, 1.165) is 17.5 Å². The maximum absolute atomic E-state index is 12.1. The zero-order valence-corrected chi connectivity index (χ0v) is 15.3. The molecule has 0 saturated heterocycles. The van der Waals surface area contributed by atoms with E-state index >= 15 is 0 Å². The first-order valence-electron chi connectivity index (χ1n) is 8.62. The number of amides is 1. The zero-order chi connectivity index (χ0) is 18.6. The predicted octanol–water partition coefficient (Wildman–Crippen LogP) is 3.56. The Hall–Kier alpha value is -2.86. The van der Waals surface area contributed by atoms with E-state index in [-0.39, 0.29) is 12.7 Å². The van der Waals surface area contributed by atoms with Crippen molar-refractivity contribution in [1.29, 1.82) is 0 Å². The molecule has 6 nitrogen and oxygen atoms in total. The largest absolute Gasteiger partial charge is 0.489 e. The second-order valence-electron chi connectivity index (χ2n) is 6.12. The lowest BCUT2D eigenvalue weighted by molar-refractivity contribution is -0.116. The molecule has 7 heteroatoms. The molecule has 0 aromatic heterocycles. The summed E-state index contributed by atoms with van der Waals surface area (Å²) in [5, 5.41) is 3.32. The lowest BCUT2D eigenvalue weighted by atomic mass is 10.2. The van der Waals surface area contributed by atoms with E-state index in [1.54, 1.807) is 12.1 Å². The van der Waals surface area contributed by atoms with Crippen LogP contribution in [0, 0.1) is 0 Å². The highest BCUT2D eigenvalue weighted by atomic mass is 35.5. The smallest absolute Gasteiger partial charge is 0.244 e. The predicted molar refractivity (Wildman–Crippen MR) is 101 cm³/mol. The van der Waals surface area contributed by atoms with Gasteiger partial charge in [-0.1, -0.05) is 17.7 Å². The fourth-order valence-electron chi connectivity index (χ4n) is 2.82. The molecule has 1 N–H and O–H groups in total. The minimum absolute atomic E-state index is 0.212. The highest BCUT2D eigenvalue weighted by molar-refractivity contribution is 6.32. The molecule has 0 radical (unpaired) electrons. The molecular weight excluding hydrogens is 370 g/mol. The van der Waals surface area contributed by atoms with Gasteiger partial charge in [-0.2, -0.15) is 0 Å². The van der Waals surface area contributed by atoms with Gasteiger partial charge < -0.3 is 24.3 Å². The van der Waals surface area contributed by atoms with Crippen LogP contribution in [0.1, 0.15) is 17.5 Å². The lowest BCUT2D eigenvalue weighted by Crippen LogP contribution is -2.20. The van der Waals surface area contributed by atoms with Crippen LogP contribution in [0.5, 0.6) is 23.0 Å². The molecule has 0 bridgehead atoms. The van der Waals surface area contributed by atoms with Gasteiger partial charge in [0.05, 0.1) is 18.2 Å². The van der Waals surface area contributed by atoms with E-state index in [1.807, 2.05) is 24.3 Å². The van der Waals surface area contributed by atoms with Gasteiger partial charge in [-0.25, -0.2) is 0 Å². The van der Waals surface area contributed by atoms with E-state index in [1.165, 1.54) is 6.08 Å². The average Bonchev–Trinajstić information content (AvgIpc) is 3.00. The van der Waals surface area contributed by atoms with Crippen molar-refractivity contribution in [2.24, 2.45) is 0 Å². The van der Waals surface area contributed by atoms with Crippen molar-refractivity contribution in [3.63, 3.8) is 0 Å². The third kappa shape index (κ3) is 4.11. The normalized spacial score (nSPS) is 14.9. The Morgan fingerprint density at radius 2 is 1.89 bits per heavy atom. The zero-order valence-electron chi connectivity index (χ0n) is 14.5. The van der Waals surface area contributed by atoms with Crippen LogP contribution in [0.3, 0.4) is 0 Å². The molecule has 2 heterocycles. The van der Waals surface area contributed by atoms with Crippen molar-refractivity contribution in [3.05, 3.63) is 52.6 Å². The summed E-state index contributed by atoms with van der Waals surface area (Å²) in [4.78, 5) is 12.1. The molecular formula is C20H18ClNO5. The third-order valence-electron chi connectivity index (χ3n) is 4.15. The molecule has 4 rings (SSSR count). The van der Waals surface area contributed by atoms with Crippen LogP contribution < -0.4 is 24.3 Å². The number of rotatable bonds is 4. The quantitative estimate of drug-likeness (QED) is 0.812. The molecule has 2 aromatic carbocycles. The second kappa shape index (κ2) is 7.80. The van der Waals surface area contributed by atoms with E-state index < -0.39 is 0 Å². The van der Waals surface area contributed by atoms with Gasteiger partial charge in [0.25, 0.3) is 0 Å². The van der Waals surface area contributed by atoms with Gasteiger partial charge in [0.15, 0.2) is 23.0 Å². The van der Waals surface area contributed by atoms with Crippen LogP contribution in [-0.2, 0) is 11.3 Å². The van der Waals surface area contributed by atoms with Crippen LogP contribution in [0.4, 0.5) is 0 Å². The number of ether oxygens (including phenoxy) is 4. The Morgan fingerprint density at radius 3 is 2.81 bits per heavy atom. The molecule has 0 saturated carbocycles. The van der Waals surface area contributed by atoms with Gasteiger partial charge in [-0.05, 0) is 41.5 Å². The first-order valence-corrected chi connectivity index (χ1v) is 9.00. The van der Waals surface area contributed by atoms with Gasteiger partial charge >= 0.3 is 0 Å². The highest BCUT2D eigenvalue weighted by Gasteiger charge is 2.16. The number of hydrogen-bond acceptors (Lipinski definition) is 5. The summed E-state index contributed by atoms with van der Waals surface area (Å²) in [5.41, 5.74) is 1.70. The fourth-order valence-corrected chi connectivity index (χ4v) is 3.11. The summed E-state index contributed by atoms with van der Waals surface area (Å²) in [6.07, 6.45) is 4.00. The summed E-state index contributed by atoms with van der Waals surface area (Å²) in [6, 6.07) is 9.13. The van der Waals surface area contributed by atoms with Crippen LogP contribution in [0.25, 0.3) is 6.08 Å². The van der Waals surface area contributed by atoms with Gasteiger partial charge in [0, 0.05) is 19.0 Å². The number of halogens is 1. The first kappa shape index (κ1) is 17.5. The maximum Gasteiger partial charge on any atom is 0.244 e. The van der Waals surface area contributed by atoms with Crippen LogP contribution in [0.2, 0.25) is 5.02 Å². The van der Waals surface area contributed by atoms with Crippen LogP contribution in [-0.4, -0.2) is 25.9 Å². The minimum atomic E-state index is -0.212. The number of benzene rings is 2. The summed E-state index contributed by atoms with van der Waals surface area (Å²) >= 11 is 6.27. The Morgan fingerprint density at radius 1 is 1.04 bits per heavy atom. The van der Waals surface area contributed by atoms with Crippen molar-refractivity contribution in [3.8, 4) is 23.0 Å².